The number of thioether (sulfide) groups is 1. The van der Waals surface area contributed by atoms with Gasteiger partial charge in [-0.15, -0.1) is 0 Å². The van der Waals surface area contributed by atoms with E-state index in [9.17, 15) is 9.59 Å². The smallest absolute Gasteiger partial charge is 0.262 e. The molecular formula is C24H27N3O3S. The van der Waals surface area contributed by atoms with Gasteiger partial charge in [0, 0.05) is 12.3 Å². The number of aromatic nitrogens is 2. The Morgan fingerprint density at radius 3 is 2.68 bits per heavy atom. The molecule has 1 unspecified atom stereocenters. The lowest BCUT2D eigenvalue weighted by molar-refractivity contribution is -0.113. The van der Waals surface area contributed by atoms with Crippen LogP contribution < -0.4 is 10.9 Å². The van der Waals surface area contributed by atoms with Gasteiger partial charge < -0.3 is 10.1 Å². The molecule has 31 heavy (non-hydrogen) atoms. The molecule has 2 aromatic carbocycles. The summed E-state index contributed by atoms with van der Waals surface area (Å²) >= 11 is 1.29. The first kappa shape index (κ1) is 21.6. The minimum absolute atomic E-state index is 0.00620. The van der Waals surface area contributed by atoms with Crippen LogP contribution >= 0.6 is 11.8 Å². The molecule has 6 nitrogen and oxygen atoms in total. The molecule has 1 fully saturated rings. The van der Waals surface area contributed by atoms with Gasteiger partial charge in [0.2, 0.25) is 5.91 Å². The predicted octanol–water partition coefficient (Wildman–Crippen LogP) is 4.23. The molecule has 162 valence electrons. The summed E-state index contributed by atoms with van der Waals surface area (Å²) < 4.78 is 7.41. The predicted molar refractivity (Wildman–Crippen MR) is 125 cm³/mol. The van der Waals surface area contributed by atoms with Crippen molar-refractivity contribution in [2.45, 2.75) is 51.4 Å². The lowest BCUT2D eigenvalue weighted by atomic mass is 10.1. The summed E-state index contributed by atoms with van der Waals surface area (Å²) in [5.41, 5.74) is 4.64. The van der Waals surface area contributed by atoms with E-state index in [1.165, 1.54) is 17.3 Å². The molecule has 0 spiro atoms. The summed E-state index contributed by atoms with van der Waals surface area (Å²) in [6.45, 7) is 7.21. The van der Waals surface area contributed by atoms with Crippen LogP contribution in [0, 0.1) is 20.8 Å². The van der Waals surface area contributed by atoms with Gasteiger partial charge in [0.05, 0.1) is 29.3 Å². The molecule has 1 atom stereocenters. The first-order valence-corrected chi connectivity index (χ1v) is 11.5. The summed E-state index contributed by atoms with van der Waals surface area (Å²) in [6, 6.07) is 11.4. The lowest BCUT2D eigenvalue weighted by Gasteiger charge is -2.17. The Kier molecular flexibility index (Phi) is 6.43. The maximum absolute atomic E-state index is 13.1. The number of carbonyl (C=O) groups excluding carboxylic acids is 1. The van der Waals surface area contributed by atoms with Gasteiger partial charge in [-0.1, -0.05) is 41.6 Å². The van der Waals surface area contributed by atoms with Gasteiger partial charge in [-0.05, 0) is 56.9 Å². The van der Waals surface area contributed by atoms with Crippen molar-refractivity contribution < 1.29 is 9.53 Å². The Balaban J connectivity index is 1.57. The Morgan fingerprint density at radius 2 is 1.97 bits per heavy atom. The molecule has 2 heterocycles. The average Bonchev–Trinajstić information content (AvgIpc) is 3.25. The zero-order valence-electron chi connectivity index (χ0n) is 18.1. The number of benzene rings is 2. The van der Waals surface area contributed by atoms with E-state index in [0.29, 0.717) is 22.6 Å². The van der Waals surface area contributed by atoms with Crippen molar-refractivity contribution >= 4 is 34.3 Å². The molecule has 1 aliphatic heterocycles. The van der Waals surface area contributed by atoms with Gasteiger partial charge in [0.25, 0.3) is 5.56 Å². The molecule has 4 rings (SSSR count). The highest BCUT2D eigenvalue weighted by Crippen LogP contribution is 2.24. The van der Waals surface area contributed by atoms with Crippen molar-refractivity contribution in [3.63, 3.8) is 0 Å². The number of hydrogen-bond acceptors (Lipinski definition) is 5. The molecule has 1 amide bonds. The zero-order valence-corrected chi connectivity index (χ0v) is 18.9. The summed E-state index contributed by atoms with van der Waals surface area (Å²) in [7, 11) is 0. The molecule has 0 radical (unpaired) electrons. The maximum Gasteiger partial charge on any atom is 0.262 e. The van der Waals surface area contributed by atoms with Crippen molar-refractivity contribution in [3.05, 3.63) is 63.4 Å². The Bertz CT molecular complexity index is 1160. The number of aryl methyl sites for hydroxylation is 3. The number of carbonyl (C=O) groups is 1. The highest BCUT2D eigenvalue weighted by atomic mass is 32.2. The first-order valence-electron chi connectivity index (χ1n) is 10.5. The van der Waals surface area contributed by atoms with Crippen LogP contribution in [-0.2, 0) is 16.1 Å². The first-order chi connectivity index (χ1) is 14.9. The molecule has 1 aromatic heterocycles. The Labute approximate surface area is 186 Å². The van der Waals surface area contributed by atoms with Crippen LogP contribution in [0.15, 0.2) is 46.3 Å². The van der Waals surface area contributed by atoms with Crippen LogP contribution in [0.25, 0.3) is 10.9 Å². The largest absolute Gasteiger partial charge is 0.376 e. The third-order valence-corrected chi connectivity index (χ3v) is 6.49. The van der Waals surface area contributed by atoms with E-state index in [2.05, 4.69) is 17.4 Å². The standard InChI is InChI=1S/C24H27N3O3S/c1-15-11-16(2)22(17(3)12-15)26-21(28)14-31-24-25-20-9-5-4-8-19(20)23(29)27(24)13-18-7-6-10-30-18/h4-5,8-9,11-12,18H,6-7,10,13-14H2,1-3H3,(H,26,28). The summed E-state index contributed by atoms with van der Waals surface area (Å²) in [5, 5.41) is 4.15. The van der Waals surface area contributed by atoms with E-state index in [4.69, 9.17) is 9.72 Å². The molecule has 3 aromatic rings. The number of para-hydroxylation sites is 1. The van der Waals surface area contributed by atoms with E-state index < -0.39 is 0 Å². The minimum Gasteiger partial charge on any atom is -0.376 e. The van der Waals surface area contributed by atoms with Crippen LogP contribution in [0.2, 0.25) is 0 Å². The zero-order chi connectivity index (χ0) is 22.0. The topological polar surface area (TPSA) is 73.2 Å². The molecule has 1 saturated heterocycles. The van der Waals surface area contributed by atoms with Crippen molar-refractivity contribution in [3.8, 4) is 0 Å². The Morgan fingerprint density at radius 1 is 1.23 bits per heavy atom. The number of hydrogen-bond donors (Lipinski definition) is 1. The highest BCUT2D eigenvalue weighted by molar-refractivity contribution is 7.99. The number of anilines is 1. The molecule has 0 bridgehead atoms. The fourth-order valence-electron chi connectivity index (χ4n) is 4.09. The van der Waals surface area contributed by atoms with Gasteiger partial charge in [0.1, 0.15) is 0 Å². The minimum atomic E-state index is -0.119. The third kappa shape index (κ3) is 4.83. The van der Waals surface area contributed by atoms with Crippen molar-refractivity contribution in [2.75, 3.05) is 17.7 Å². The second-order valence-corrected chi connectivity index (χ2v) is 9.02. The molecule has 7 heteroatoms. The quantitative estimate of drug-likeness (QED) is 0.461. The van der Waals surface area contributed by atoms with Crippen LogP contribution in [-0.4, -0.2) is 33.9 Å². The van der Waals surface area contributed by atoms with E-state index in [1.807, 2.05) is 39.0 Å². The fraction of sp³-hybridized carbons (Fsp3) is 0.375. The van der Waals surface area contributed by atoms with Crippen LogP contribution in [0.4, 0.5) is 5.69 Å². The number of ether oxygens (including phenoxy) is 1. The molecule has 0 saturated carbocycles. The highest BCUT2D eigenvalue weighted by Gasteiger charge is 2.21. The third-order valence-electron chi connectivity index (χ3n) is 5.51. The van der Waals surface area contributed by atoms with Crippen LogP contribution in [0.5, 0.6) is 0 Å². The Hall–Kier alpha value is -2.64. The number of amides is 1. The second kappa shape index (κ2) is 9.24. The summed E-state index contributed by atoms with van der Waals surface area (Å²) in [5.74, 6) is 0.0504. The molecular weight excluding hydrogens is 410 g/mol. The maximum atomic E-state index is 13.1. The van der Waals surface area contributed by atoms with E-state index in [1.54, 1.807) is 10.6 Å². The molecule has 0 aliphatic carbocycles. The lowest BCUT2D eigenvalue weighted by Crippen LogP contribution is -2.29. The van der Waals surface area contributed by atoms with E-state index in [-0.39, 0.29) is 23.3 Å². The van der Waals surface area contributed by atoms with Crippen molar-refractivity contribution in [2.24, 2.45) is 0 Å². The van der Waals surface area contributed by atoms with Crippen LogP contribution in [0.3, 0.4) is 0 Å². The van der Waals surface area contributed by atoms with Gasteiger partial charge in [0.15, 0.2) is 5.16 Å². The van der Waals surface area contributed by atoms with Gasteiger partial charge in [-0.25, -0.2) is 4.98 Å². The number of rotatable bonds is 6. The summed E-state index contributed by atoms with van der Waals surface area (Å²) in [6.07, 6.45) is 1.93. The number of nitrogens with one attached hydrogen (secondary N) is 1. The van der Waals surface area contributed by atoms with Gasteiger partial charge in [-0.3, -0.25) is 14.2 Å². The van der Waals surface area contributed by atoms with E-state index >= 15 is 0 Å². The SMILES string of the molecule is Cc1cc(C)c(NC(=O)CSc2nc3ccccc3c(=O)n2CC2CCCO2)c(C)c1. The van der Waals surface area contributed by atoms with Gasteiger partial charge >= 0.3 is 0 Å². The van der Waals surface area contributed by atoms with Crippen molar-refractivity contribution in [1.82, 2.24) is 9.55 Å². The van der Waals surface area contributed by atoms with Gasteiger partial charge in [-0.2, -0.15) is 0 Å². The second-order valence-electron chi connectivity index (χ2n) is 8.07. The average molecular weight is 438 g/mol. The molecule has 1 N–H and O–H groups in total. The number of fused-ring (bicyclic) bond motifs is 1. The summed E-state index contributed by atoms with van der Waals surface area (Å²) in [4.78, 5) is 30.5. The fourth-order valence-corrected chi connectivity index (χ4v) is 4.90. The molecule has 1 aliphatic rings. The van der Waals surface area contributed by atoms with E-state index in [0.717, 1.165) is 36.3 Å². The van der Waals surface area contributed by atoms with Crippen LogP contribution in [0.1, 0.15) is 29.5 Å². The normalized spacial score (nSPS) is 16.0. The van der Waals surface area contributed by atoms with Crippen molar-refractivity contribution in [1.29, 1.82) is 0 Å². The number of nitrogens with zero attached hydrogens (tertiary/aromatic N) is 2. The monoisotopic (exact) mass is 437 g/mol.